The van der Waals surface area contributed by atoms with Crippen molar-refractivity contribution < 1.29 is 9.90 Å². The summed E-state index contributed by atoms with van der Waals surface area (Å²) in [4.78, 5) is 18.6. The van der Waals surface area contributed by atoms with Gasteiger partial charge in [0.1, 0.15) is 5.69 Å². The van der Waals surface area contributed by atoms with E-state index in [1.165, 1.54) is 0 Å². The molecule has 2 aromatic rings. The number of pyridine rings is 1. The Morgan fingerprint density at radius 3 is 2.83 bits per heavy atom. The maximum atomic E-state index is 12.5. The van der Waals surface area contributed by atoms with Crippen LogP contribution in [-0.4, -0.2) is 50.9 Å². The van der Waals surface area contributed by atoms with Gasteiger partial charge in [0, 0.05) is 25.9 Å². The highest BCUT2D eigenvalue weighted by atomic mass is 16.3. The molecule has 0 aromatic carbocycles. The molecule has 2 aromatic heterocycles. The zero-order valence-electron chi connectivity index (χ0n) is 13.8. The van der Waals surface area contributed by atoms with Gasteiger partial charge in [0.25, 0.3) is 0 Å². The van der Waals surface area contributed by atoms with Crippen LogP contribution < -0.4 is 5.32 Å². The largest absolute Gasteiger partial charge is 0.396 e. The first-order valence-corrected chi connectivity index (χ1v) is 8.29. The van der Waals surface area contributed by atoms with Gasteiger partial charge in [-0.3, -0.25) is 10.1 Å². The minimum absolute atomic E-state index is 0.0362. The Morgan fingerprint density at radius 2 is 2.21 bits per heavy atom. The Hall–Kier alpha value is -2.41. The first-order valence-electron chi connectivity index (χ1n) is 8.29. The Labute approximate surface area is 141 Å². The molecule has 0 bridgehead atoms. The van der Waals surface area contributed by atoms with E-state index in [0.29, 0.717) is 24.5 Å². The van der Waals surface area contributed by atoms with Gasteiger partial charge in [-0.2, -0.15) is 5.10 Å². The van der Waals surface area contributed by atoms with Crippen LogP contribution in [0.5, 0.6) is 0 Å². The molecule has 3 N–H and O–H groups in total. The van der Waals surface area contributed by atoms with Crippen LogP contribution in [0.15, 0.2) is 30.6 Å². The molecule has 3 heterocycles. The van der Waals surface area contributed by atoms with E-state index in [1.807, 2.05) is 18.2 Å². The average Bonchev–Trinajstić information content (AvgIpc) is 3.10. The highest BCUT2D eigenvalue weighted by Gasteiger charge is 2.34. The van der Waals surface area contributed by atoms with Gasteiger partial charge in [0.2, 0.25) is 0 Å². The first-order chi connectivity index (χ1) is 11.7. The summed E-state index contributed by atoms with van der Waals surface area (Å²) < 4.78 is 0. The van der Waals surface area contributed by atoms with Crippen LogP contribution in [-0.2, 0) is 0 Å². The third-order valence-corrected chi connectivity index (χ3v) is 5.00. The minimum atomic E-state index is -0.142. The topological polar surface area (TPSA) is 94.1 Å². The van der Waals surface area contributed by atoms with E-state index in [2.05, 4.69) is 27.4 Å². The van der Waals surface area contributed by atoms with Crippen molar-refractivity contribution in [2.24, 2.45) is 5.41 Å². The number of nitrogens with one attached hydrogen (secondary N) is 2. The smallest absolute Gasteiger partial charge is 0.321 e. The van der Waals surface area contributed by atoms with Crippen LogP contribution in [0.25, 0.3) is 11.4 Å². The van der Waals surface area contributed by atoms with Crippen molar-refractivity contribution in [2.45, 2.75) is 26.2 Å². The molecule has 0 radical (unpaired) electrons. The first kappa shape index (κ1) is 16.4. The van der Waals surface area contributed by atoms with E-state index in [9.17, 15) is 9.90 Å². The second kappa shape index (κ2) is 7.00. The van der Waals surface area contributed by atoms with Gasteiger partial charge >= 0.3 is 6.03 Å². The maximum Gasteiger partial charge on any atom is 0.321 e. The number of piperidine rings is 1. The number of aliphatic hydroxyl groups is 1. The monoisotopic (exact) mass is 329 g/mol. The molecule has 0 spiro atoms. The molecule has 1 aliphatic heterocycles. The highest BCUT2D eigenvalue weighted by Crippen LogP contribution is 2.34. The number of carbonyl (C=O) groups excluding carboxylic acids is 1. The van der Waals surface area contributed by atoms with Gasteiger partial charge in [0.15, 0.2) is 0 Å². The number of aromatic nitrogens is 3. The number of amides is 2. The number of urea groups is 1. The molecule has 0 aliphatic carbocycles. The minimum Gasteiger partial charge on any atom is -0.396 e. The summed E-state index contributed by atoms with van der Waals surface area (Å²) in [6, 6.07) is 5.45. The third-order valence-electron chi connectivity index (χ3n) is 5.00. The van der Waals surface area contributed by atoms with Crippen LogP contribution >= 0.6 is 0 Å². The predicted molar refractivity (Wildman–Crippen MR) is 91.5 cm³/mol. The van der Waals surface area contributed by atoms with E-state index >= 15 is 0 Å². The zero-order valence-corrected chi connectivity index (χ0v) is 13.8. The van der Waals surface area contributed by atoms with Gasteiger partial charge in [-0.05, 0) is 36.8 Å². The van der Waals surface area contributed by atoms with Crippen molar-refractivity contribution in [1.82, 2.24) is 20.1 Å². The Balaban J connectivity index is 1.66. The molecule has 0 saturated carbocycles. The number of anilines is 1. The number of aromatic amines is 1. The lowest BCUT2D eigenvalue weighted by Gasteiger charge is -2.40. The van der Waals surface area contributed by atoms with E-state index < -0.39 is 0 Å². The summed E-state index contributed by atoms with van der Waals surface area (Å²) in [5.41, 5.74) is 2.01. The molecule has 24 heavy (non-hydrogen) atoms. The van der Waals surface area contributed by atoms with Crippen molar-refractivity contribution >= 4 is 11.7 Å². The second-order valence-corrected chi connectivity index (χ2v) is 6.30. The molecule has 0 atom stereocenters. The van der Waals surface area contributed by atoms with E-state index in [0.717, 1.165) is 25.0 Å². The molecule has 128 valence electrons. The standard InChI is InChI=1S/C17H23N5O2/c1-2-17(12-23)6-9-22(10-7-17)16(24)20-14-11-19-21-15(14)13-5-3-4-8-18-13/h3-5,8,11,23H,2,6-7,9-10,12H2,1H3,(H,19,21)(H,20,24). The van der Waals surface area contributed by atoms with E-state index in [-0.39, 0.29) is 18.1 Å². The van der Waals surface area contributed by atoms with Crippen molar-refractivity contribution in [1.29, 1.82) is 0 Å². The molecule has 2 amide bonds. The second-order valence-electron chi connectivity index (χ2n) is 6.30. The molecule has 1 aliphatic rings. The Morgan fingerprint density at radius 1 is 1.42 bits per heavy atom. The summed E-state index contributed by atoms with van der Waals surface area (Å²) in [5, 5.41) is 19.4. The molecule has 7 heteroatoms. The Bertz CT molecular complexity index is 671. The van der Waals surface area contributed by atoms with Crippen molar-refractivity contribution in [3.05, 3.63) is 30.6 Å². The van der Waals surface area contributed by atoms with Crippen molar-refractivity contribution in [3.8, 4) is 11.4 Å². The molecule has 7 nitrogen and oxygen atoms in total. The SMILES string of the molecule is CCC1(CO)CCN(C(=O)Nc2cn[nH]c2-c2ccccn2)CC1. The molecule has 0 unspecified atom stereocenters. The van der Waals surface area contributed by atoms with E-state index in [4.69, 9.17) is 0 Å². The quantitative estimate of drug-likeness (QED) is 0.803. The number of H-pyrrole nitrogens is 1. The summed E-state index contributed by atoms with van der Waals surface area (Å²) in [6.45, 7) is 3.58. The van der Waals surface area contributed by atoms with Crippen LogP contribution in [0.2, 0.25) is 0 Å². The van der Waals surface area contributed by atoms with Gasteiger partial charge in [-0.1, -0.05) is 13.0 Å². The summed E-state index contributed by atoms with van der Waals surface area (Å²) >= 11 is 0. The molecule has 3 rings (SSSR count). The lowest BCUT2D eigenvalue weighted by Crippen LogP contribution is -2.46. The van der Waals surface area contributed by atoms with Gasteiger partial charge < -0.3 is 15.3 Å². The number of rotatable bonds is 4. The van der Waals surface area contributed by atoms with Crippen LogP contribution in [0.3, 0.4) is 0 Å². The lowest BCUT2D eigenvalue weighted by molar-refractivity contribution is 0.0542. The lowest BCUT2D eigenvalue weighted by atomic mass is 9.77. The van der Waals surface area contributed by atoms with Crippen LogP contribution in [0, 0.1) is 5.41 Å². The fourth-order valence-corrected chi connectivity index (χ4v) is 3.09. The summed E-state index contributed by atoms with van der Waals surface area (Å²) in [7, 11) is 0. The van der Waals surface area contributed by atoms with Gasteiger partial charge in [0.05, 0.1) is 17.6 Å². The number of hydrogen-bond acceptors (Lipinski definition) is 4. The third kappa shape index (κ3) is 3.26. The maximum absolute atomic E-state index is 12.5. The molecular formula is C17H23N5O2. The molecule has 1 saturated heterocycles. The number of aliphatic hydroxyl groups excluding tert-OH is 1. The highest BCUT2D eigenvalue weighted by molar-refractivity contribution is 5.93. The van der Waals surface area contributed by atoms with Gasteiger partial charge in [-0.15, -0.1) is 0 Å². The van der Waals surface area contributed by atoms with Crippen molar-refractivity contribution in [3.63, 3.8) is 0 Å². The molecule has 1 fully saturated rings. The predicted octanol–water partition coefficient (Wildman–Crippen LogP) is 2.49. The van der Waals surface area contributed by atoms with E-state index in [1.54, 1.807) is 17.3 Å². The Kier molecular flexibility index (Phi) is 4.80. The fraction of sp³-hybridized carbons (Fsp3) is 0.471. The molecular weight excluding hydrogens is 306 g/mol. The summed E-state index contributed by atoms with van der Waals surface area (Å²) in [6.07, 6.45) is 5.88. The number of hydrogen-bond donors (Lipinski definition) is 3. The van der Waals surface area contributed by atoms with Gasteiger partial charge in [-0.25, -0.2) is 4.79 Å². The van der Waals surface area contributed by atoms with Crippen LogP contribution in [0.4, 0.5) is 10.5 Å². The van der Waals surface area contributed by atoms with Crippen molar-refractivity contribution in [2.75, 3.05) is 25.0 Å². The number of likely N-dealkylation sites (tertiary alicyclic amines) is 1. The average molecular weight is 329 g/mol. The fourth-order valence-electron chi connectivity index (χ4n) is 3.09. The van der Waals surface area contributed by atoms with Crippen LogP contribution in [0.1, 0.15) is 26.2 Å². The summed E-state index contributed by atoms with van der Waals surface area (Å²) in [5.74, 6) is 0. The number of nitrogens with zero attached hydrogens (tertiary/aromatic N) is 3. The zero-order chi connectivity index (χ0) is 17.0. The number of carbonyl (C=O) groups is 1. The normalized spacial score (nSPS) is 16.8.